The molecule has 298 valence electrons. The van der Waals surface area contributed by atoms with Crippen LogP contribution >= 0.6 is 0 Å². The third kappa shape index (κ3) is 43.5. The first kappa shape index (κ1) is 49.4. The Morgan fingerprint density at radius 1 is 0.380 bits per heavy atom. The third-order valence-corrected chi connectivity index (χ3v) is 10.2. The predicted molar refractivity (Wildman–Crippen MR) is 226 cm³/mol. The Hall–Kier alpha value is -0.640. The fourth-order valence-electron chi connectivity index (χ4n) is 6.73. The molecule has 0 fully saturated rings. The van der Waals surface area contributed by atoms with Gasteiger partial charge in [-0.25, -0.2) is 0 Å². The second kappa shape index (κ2) is 46.4. The zero-order valence-corrected chi connectivity index (χ0v) is 34.8. The van der Waals surface area contributed by atoms with Crippen molar-refractivity contribution in [2.75, 3.05) is 32.9 Å². The molecular formula is C47H93NO2. The highest BCUT2D eigenvalue weighted by atomic mass is 16.5. The predicted octanol–water partition coefficient (Wildman–Crippen LogP) is 15.4. The molecule has 1 N–H and O–H groups in total. The number of ether oxygens (including phenoxy) is 2. The lowest BCUT2D eigenvalue weighted by atomic mass is 10.1. The molecule has 50 heavy (non-hydrogen) atoms. The summed E-state index contributed by atoms with van der Waals surface area (Å²) < 4.78 is 12.5. The van der Waals surface area contributed by atoms with Gasteiger partial charge in [-0.1, -0.05) is 193 Å². The van der Waals surface area contributed by atoms with Crippen LogP contribution in [0.15, 0.2) is 24.3 Å². The Morgan fingerprint density at radius 2 is 0.720 bits per heavy atom. The number of hydrogen-bond acceptors (Lipinski definition) is 3. The maximum absolute atomic E-state index is 6.35. The van der Waals surface area contributed by atoms with E-state index in [1.807, 2.05) is 0 Å². The van der Waals surface area contributed by atoms with E-state index in [0.717, 1.165) is 32.9 Å². The van der Waals surface area contributed by atoms with Gasteiger partial charge in [0.05, 0.1) is 12.7 Å². The molecule has 0 aliphatic heterocycles. The first-order chi connectivity index (χ1) is 24.8. The van der Waals surface area contributed by atoms with Gasteiger partial charge in [0.1, 0.15) is 0 Å². The molecule has 0 aromatic rings. The van der Waals surface area contributed by atoms with Gasteiger partial charge in [-0.3, -0.25) is 0 Å². The molecule has 0 amide bonds. The third-order valence-electron chi connectivity index (χ3n) is 10.2. The Balaban J connectivity index is 3.86. The number of rotatable bonds is 44. The average Bonchev–Trinajstić information content (AvgIpc) is 3.13. The molecule has 1 atom stereocenters. The zero-order chi connectivity index (χ0) is 36.1. The maximum Gasteiger partial charge on any atom is 0.0932 e. The Labute approximate surface area is 316 Å². The molecular weight excluding hydrogens is 611 g/mol. The second-order valence-electron chi connectivity index (χ2n) is 15.4. The van der Waals surface area contributed by atoms with Gasteiger partial charge in [0.2, 0.25) is 0 Å². The standard InChI is InChI=1S/C47H93NO2/c1-4-7-10-13-16-18-20-22-24-26-28-30-32-34-37-40-43-49-46-47(45-48-42-39-36-15-12-9-6-3)50-44-41-38-35-33-31-29-27-25-23-21-19-17-14-11-8-5-2/h22-25,47-48H,4-21,26-46H2,1-3H3/b24-22-,25-23-. The molecule has 0 saturated heterocycles. The largest absolute Gasteiger partial charge is 0.379 e. The van der Waals surface area contributed by atoms with Crippen molar-refractivity contribution in [1.29, 1.82) is 0 Å². The minimum absolute atomic E-state index is 0.187. The van der Waals surface area contributed by atoms with E-state index >= 15 is 0 Å². The van der Waals surface area contributed by atoms with Crippen LogP contribution in [0.3, 0.4) is 0 Å². The first-order valence-corrected chi connectivity index (χ1v) is 23.0. The van der Waals surface area contributed by atoms with Gasteiger partial charge >= 0.3 is 0 Å². The molecule has 3 heteroatoms. The van der Waals surface area contributed by atoms with Crippen molar-refractivity contribution in [3.05, 3.63) is 24.3 Å². The lowest BCUT2D eigenvalue weighted by Gasteiger charge is -2.19. The SMILES string of the molecule is CCCCCCCC/C=C\CCCCCCCCOCC(CNCCCCCCCC)OCCCCCCCC/C=C\CCCCCCCC. The van der Waals surface area contributed by atoms with Crippen LogP contribution in [-0.2, 0) is 9.47 Å². The summed E-state index contributed by atoms with van der Waals surface area (Å²) in [6.07, 6.45) is 55.8. The monoisotopic (exact) mass is 704 g/mol. The van der Waals surface area contributed by atoms with Crippen LogP contribution in [0.1, 0.15) is 239 Å². The van der Waals surface area contributed by atoms with E-state index < -0.39 is 0 Å². The van der Waals surface area contributed by atoms with Crippen molar-refractivity contribution < 1.29 is 9.47 Å². The van der Waals surface area contributed by atoms with Crippen molar-refractivity contribution in [3.63, 3.8) is 0 Å². The van der Waals surface area contributed by atoms with Crippen LogP contribution in [0.4, 0.5) is 0 Å². The quantitative estimate of drug-likeness (QED) is 0.0506. The highest BCUT2D eigenvalue weighted by molar-refractivity contribution is 4.82. The Bertz CT molecular complexity index is 647. The lowest BCUT2D eigenvalue weighted by molar-refractivity contribution is -0.0175. The van der Waals surface area contributed by atoms with Crippen molar-refractivity contribution in [2.45, 2.75) is 245 Å². The summed E-state index contributed by atoms with van der Waals surface area (Å²) in [4.78, 5) is 0. The van der Waals surface area contributed by atoms with Crippen LogP contribution in [0.25, 0.3) is 0 Å². The summed E-state index contributed by atoms with van der Waals surface area (Å²) in [5, 5.41) is 3.68. The van der Waals surface area contributed by atoms with Crippen molar-refractivity contribution >= 4 is 0 Å². The van der Waals surface area contributed by atoms with Crippen LogP contribution in [0.2, 0.25) is 0 Å². The van der Waals surface area contributed by atoms with E-state index in [4.69, 9.17) is 9.47 Å². The fraction of sp³-hybridized carbons (Fsp3) is 0.915. The van der Waals surface area contributed by atoms with E-state index in [9.17, 15) is 0 Å². The molecule has 1 unspecified atom stereocenters. The second-order valence-corrected chi connectivity index (χ2v) is 15.4. The van der Waals surface area contributed by atoms with Gasteiger partial charge in [-0.05, 0) is 77.2 Å². The number of allylic oxidation sites excluding steroid dienone is 4. The summed E-state index contributed by atoms with van der Waals surface area (Å²) in [5.74, 6) is 0. The molecule has 0 aromatic heterocycles. The van der Waals surface area contributed by atoms with E-state index in [1.54, 1.807) is 0 Å². The number of nitrogens with one attached hydrogen (secondary N) is 1. The lowest BCUT2D eigenvalue weighted by Crippen LogP contribution is -2.34. The molecule has 0 radical (unpaired) electrons. The van der Waals surface area contributed by atoms with Gasteiger partial charge in [0.25, 0.3) is 0 Å². The van der Waals surface area contributed by atoms with Gasteiger partial charge in [-0.2, -0.15) is 0 Å². The van der Waals surface area contributed by atoms with E-state index in [2.05, 4.69) is 50.4 Å². The number of hydrogen-bond donors (Lipinski definition) is 1. The summed E-state index contributed by atoms with van der Waals surface area (Å²) >= 11 is 0. The molecule has 0 heterocycles. The van der Waals surface area contributed by atoms with Gasteiger partial charge in [0, 0.05) is 19.8 Å². The Kier molecular flexibility index (Phi) is 45.8. The minimum atomic E-state index is 0.187. The molecule has 0 rings (SSSR count). The van der Waals surface area contributed by atoms with E-state index in [-0.39, 0.29) is 6.10 Å². The Morgan fingerprint density at radius 3 is 1.14 bits per heavy atom. The molecule has 0 bridgehead atoms. The van der Waals surface area contributed by atoms with Crippen molar-refractivity contribution in [3.8, 4) is 0 Å². The van der Waals surface area contributed by atoms with Crippen LogP contribution in [0, 0.1) is 0 Å². The molecule has 3 nitrogen and oxygen atoms in total. The molecule has 0 saturated carbocycles. The van der Waals surface area contributed by atoms with Gasteiger partial charge < -0.3 is 14.8 Å². The van der Waals surface area contributed by atoms with Crippen LogP contribution in [-0.4, -0.2) is 39.0 Å². The van der Waals surface area contributed by atoms with E-state index in [1.165, 1.54) is 218 Å². The normalized spacial score (nSPS) is 12.6. The molecule has 0 aromatic carbocycles. The molecule has 0 spiro atoms. The smallest absolute Gasteiger partial charge is 0.0932 e. The summed E-state index contributed by atoms with van der Waals surface area (Å²) in [7, 11) is 0. The minimum Gasteiger partial charge on any atom is -0.379 e. The summed E-state index contributed by atoms with van der Waals surface area (Å²) in [5.41, 5.74) is 0. The zero-order valence-electron chi connectivity index (χ0n) is 34.8. The molecule has 0 aliphatic carbocycles. The van der Waals surface area contributed by atoms with Gasteiger partial charge in [-0.15, -0.1) is 0 Å². The topological polar surface area (TPSA) is 30.5 Å². The average molecular weight is 704 g/mol. The van der Waals surface area contributed by atoms with Crippen LogP contribution in [0.5, 0.6) is 0 Å². The highest BCUT2D eigenvalue weighted by Gasteiger charge is 2.09. The van der Waals surface area contributed by atoms with E-state index in [0.29, 0.717) is 0 Å². The highest BCUT2D eigenvalue weighted by Crippen LogP contribution is 2.12. The summed E-state index contributed by atoms with van der Waals surface area (Å²) in [6, 6.07) is 0. The fourth-order valence-corrected chi connectivity index (χ4v) is 6.73. The maximum atomic E-state index is 6.35. The van der Waals surface area contributed by atoms with Crippen molar-refractivity contribution in [2.24, 2.45) is 0 Å². The molecule has 0 aliphatic rings. The summed E-state index contributed by atoms with van der Waals surface area (Å²) in [6.45, 7) is 11.4. The van der Waals surface area contributed by atoms with Crippen LogP contribution < -0.4 is 5.32 Å². The van der Waals surface area contributed by atoms with Gasteiger partial charge in [0.15, 0.2) is 0 Å². The first-order valence-electron chi connectivity index (χ1n) is 23.0. The van der Waals surface area contributed by atoms with Crippen molar-refractivity contribution in [1.82, 2.24) is 5.32 Å². The number of unbranched alkanes of at least 4 members (excludes halogenated alkanes) is 29.